The highest BCUT2D eigenvalue weighted by Gasteiger charge is 2.50. The lowest BCUT2D eigenvalue weighted by atomic mass is 9.94. The SMILES string of the molecule is CCCN(CC1CCCCO1)C(=O)C1(S(C)(=O)=O)CCNCC1.Cl. The van der Waals surface area contributed by atoms with E-state index in [1.165, 1.54) is 6.26 Å². The van der Waals surface area contributed by atoms with Crippen molar-refractivity contribution >= 4 is 28.2 Å². The maximum absolute atomic E-state index is 13.2. The fourth-order valence-corrected chi connectivity index (χ4v) is 5.00. The molecule has 0 aromatic carbocycles. The van der Waals surface area contributed by atoms with Crippen LogP contribution in [0.3, 0.4) is 0 Å². The number of nitrogens with one attached hydrogen (secondary N) is 1. The van der Waals surface area contributed by atoms with Gasteiger partial charge in [-0.25, -0.2) is 8.42 Å². The lowest BCUT2D eigenvalue weighted by Gasteiger charge is -2.40. The maximum Gasteiger partial charge on any atom is 0.244 e. The van der Waals surface area contributed by atoms with E-state index in [2.05, 4.69) is 5.32 Å². The summed E-state index contributed by atoms with van der Waals surface area (Å²) in [5.41, 5.74) is 0. The second-order valence-electron chi connectivity index (χ2n) is 6.76. The second-order valence-corrected chi connectivity index (χ2v) is 9.08. The molecule has 24 heavy (non-hydrogen) atoms. The summed E-state index contributed by atoms with van der Waals surface area (Å²) in [5.74, 6) is -0.225. The van der Waals surface area contributed by atoms with Gasteiger partial charge in [0.2, 0.25) is 5.91 Å². The van der Waals surface area contributed by atoms with Gasteiger partial charge in [-0.2, -0.15) is 0 Å². The summed E-state index contributed by atoms with van der Waals surface area (Å²) in [6.45, 7) is 4.98. The van der Waals surface area contributed by atoms with Crippen molar-refractivity contribution in [2.45, 2.75) is 56.3 Å². The molecule has 1 atom stereocenters. The number of nitrogens with zero attached hydrogens (tertiary/aromatic N) is 1. The molecular weight excluding hydrogens is 352 g/mol. The molecule has 6 nitrogen and oxygen atoms in total. The van der Waals surface area contributed by atoms with Crippen LogP contribution in [-0.2, 0) is 19.4 Å². The predicted molar refractivity (Wildman–Crippen MR) is 97.4 cm³/mol. The third kappa shape index (κ3) is 4.84. The number of carbonyl (C=O) groups excluding carboxylic acids is 1. The Bertz CT molecular complexity index is 500. The van der Waals surface area contributed by atoms with Gasteiger partial charge in [-0.05, 0) is 51.6 Å². The number of amides is 1. The Kier molecular flexibility index (Phi) is 8.45. The summed E-state index contributed by atoms with van der Waals surface area (Å²) in [4.78, 5) is 14.9. The zero-order valence-electron chi connectivity index (χ0n) is 14.8. The summed E-state index contributed by atoms with van der Waals surface area (Å²) in [6, 6.07) is 0. The van der Waals surface area contributed by atoms with Crippen molar-refractivity contribution in [2.24, 2.45) is 0 Å². The lowest BCUT2D eigenvalue weighted by molar-refractivity contribution is -0.137. The molecule has 0 bridgehead atoms. The van der Waals surface area contributed by atoms with Crippen molar-refractivity contribution in [2.75, 3.05) is 39.0 Å². The maximum atomic E-state index is 13.2. The zero-order chi connectivity index (χ0) is 16.9. The number of ether oxygens (including phenoxy) is 1. The van der Waals surface area contributed by atoms with Crippen LogP contribution < -0.4 is 5.32 Å². The lowest BCUT2D eigenvalue weighted by Crippen LogP contribution is -2.59. The van der Waals surface area contributed by atoms with E-state index in [-0.39, 0.29) is 24.4 Å². The van der Waals surface area contributed by atoms with Gasteiger partial charge in [0, 0.05) is 26.0 Å². The molecule has 2 fully saturated rings. The molecule has 1 N–H and O–H groups in total. The first-order chi connectivity index (χ1) is 10.9. The Balaban J connectivity index is 0.00000288. The van der Waals surface area contributed by atoms with Crippen molar-refractivity contribution in [3.63, 3.8) is 0 Å². The minimum absolute atomic E-state index is 0. The van der Waals surface area contributed by atoms with Crippen LogP contribution in [0, 0.1) is 0 Å². The predicted octanol–water partition coefficient (Wildman–Crippen LogP) is 1.38. The Hall–Kier alpha value is -0.370. The Morgan fingerprint density at radius 1 is 1.29 bits per heavy atom. The first kappa shape index (κ1) is 21.7. The first-order valence-electron chi connectivity index (χ1n) is 8.72. The summed E-state index contributed by atoms with van der Waals surface area (Å²) in [5, 5.41) is 3.16. The van der Waals surface area contributed by atoms with Crippen molar-refractivity contribution in [3.8, 4) is 0 Å². The molecule has 2 saturated heterocycles. The van der Waals surface area contributed by atoms with E-state index < -0.39 is 14.6 Å². The second kappa shape index (κ2) is 9.36. The molecule has 2 rings (SSSR count). The van der Waals surface area contributed by atoms with Crippen LogP contribution in [0.5, 0.6) is 0 Å². The van der Waals surface area contributed by atoms with Crippen LogP contribution in [-0.4, -0.2) is 69.1 Å². The molecule has 0 radical (unpaired) electrons. The molecule has 0 spiro atoms. The van der Waals surface area contributed by atoms with Gasteiger partial charge in [-0.15, -0.1) is 12.4 Å². The number of sulfone groups is 1. The number of rotatable bonds is 6. The monoisotopic (exact) mass is 382 g/mol. The van der Waals surface area contributed by atoms with Crippen LogP contribution in [0.2, 0.25) is 0 Å². The van der Waals surface area contributed by atoms with Gasteiger partial charge in [0.15, 0.2) is 14.6 Å². The minimum Gasteiger partial charge on any atom is -0.376 e. The van der Waals surface area contributed by atoms with E-state index in [1.807, 2.05) is 6.92 Å². The summed E-state index contributed by atoms with van der Waals surface area (Å²) in [7, 11) is -3.46. The van der Waals surface area contributed by atoms with Crippen molar-refractivity contribution < 1.29 is 17.9 Å². The van der Waals surface area contributed by atoms with Gasteiger partial charge < -0.3 is 15.0 Å². The Labute approximate surface area is 152 Å². The molecule has 2 aliphatic rings. The van der Waals surface area contributed by atoms with Crippen LogP contribution in [0.4, 0.5) is 0 Å². The molecule has 0 saturated carbocycles. The van der Waals surface area contributed by atoms with Crippen LogP contribution >= 0.6 is 12.4 Å². The largest absolute Gasteiger partial charge is 0.376 e. The average Bonchev–Trinajstić information content (AvgIpc) is 2.54. The number of halogens is 1. The minimum atomic E-state index is -3.46. The molecule has 0 aromatic rings. The summed E-state index contributed by atoms with van der Waals surface area (Å²) < 4.78 is 29.4. The Morgan fingerprint density at radius 3 is 2.46 bits per heavy atom. The van der Waals surface area contributed by atoms with Crippen molar-refractivity contribution in [1.82, 2.24) is 10.2 Å². The molecule has 8 heteroatoms. The molecule has 2 aliphatic heterocycles. The fraction of sp³-hybridized carbons (Fsp3) is 0.938. The number of hydrogen-bond donors (Lipinski definition) is 1. The third-order valence-electron chi connectivity index (χ3n) is 4.99. The van der Waals surface area contributed by atoms with Crippen LogP contribution in [0.15, 0.2) is 0 Å². The topological polar surface area (TPSA) is 75.7 Å². The van der Waals surface area contributed by atoms with Gasteiger partial charge in [-0.1, -0.05) is 6.92 Å². The smallest absolute Gasteiger partial charge is 0.244 e. The Morgan fingerprint density at radius 2 is 1.96 bits per heavy atom. The standard InChI is InChI=1S/C16H30N2O4S.ClH/c1-3-11-18(13-14-6-4-5-12-22-14)15(19)16(23(2,20)21)7-9-17-10-8-16;/h14,17H,3-13H2,1-2H3;1H. The molecular formula is C16H31ClN2O4S. The van der Waals surface area contributed by atoms with E-state index in [1.54, 1.807) is 4.90 Å². The number of carbonyl (C=O) groups is 1. The highest BCUT2D eigenvalue weighted by molar-refractivity contribution is 7.92. The van der Waals surface area contributed by atoms with E-state index in [9.17, 15) is 13.2 Å². The van der Waals surface area contributed by atoms with Gasteiger partial charge in [0.1, 0.15) is 0 Å². The van der Waals surface area contributed by atoms with Gasteiger partial charge in [-0.3, -0.25) is 4.79 Å². The van der Waals surface area contributed by atoms with Crippen molar-refractivity contribution in [1.29, 1.82) is 0 Å². The van der Waals surface area contributed by atoms with Crippen LogP contribution in [0.1, 0.15) is 45.4 Å². The van der Waals surface area contributed by atoms with Gasteiger partial charge >= 0.3 is 0 Å². The number of hydrogen-bond acceptors (Lipinski definition) is 5. The molecule has 142 valence electrons. The number of piperidine rings is 1. The summed E-state index contributed by atoms with van der Waals surface area (Å²) >= 11 is 0. The van der Waals surface area contributed by atoms with Crippen molar-refractivity contribution in [3.05, 3.63) is 0 Å². The molecule has 2 heterocycles. The highest BCUT2D eigenvalue weighted by Crippen LogP contribution is 2.30. The van der Waals surface area contributed by atoms with Crippen LogP contribution in [0.25, 0.3) is 0 Å². The zero-order valence-corrected chi connectivity index (χ0v) is 16.4. The quantitative estimate of drug-likeness (QED) is 0.751. The van der Waals surface area contributed by atoms with E-state index >= 15 is 0 Å². The van der Waals surface area contributed by atoms with Gasteiger partial charge in [0.05, 0.1) is 6.10 Å². The average molecular weight is 383 g/mol. The molecule has 0 aliphatic carbocycles. The van der Waals surface area contributed by atoms with Gasteiger partial charge in [0.25, 0.3) is 0 Å². The van der Waals surface area contributed by atoms with E-state index in [0.29, 0.717) is 39.0 Å². The summed E-state index contributed by atoms with van der Waals surface area (Å²) in [6.07, 6.45) is 5.90. The molecule has 0 aromatic heterocycles. The third-order valence-corrected chi connectivity index (χ3v) is 6.99. The first-order valence-corrected chi connectivity index (χ1v) is 10.6. The normalized spacial score (nSPS) is 24.0. The molecule has 1 unspecified atom stereocenters. The van der Waals surface area contributed by atoms with E-state index in [0.717, 1.165) is 32.3 Å². The molecule has 1 amide bonds. The highest BCUT2D eigenvalue weighted by atomic mass is 35.5. The van der Waals surface area contributed by atoms with E-state index in [4.69, 9.17) is 4.74 Å². The fourth-order valence-electron chi connectivity index (χ4n) is 3.60.